The van der Waals surface area contributed by atoms with Crippen molar-refractivity contribution in [2.75, 3.05) is 11.2 Å². The van der Waals surface area contributed by atoms with Crippen molar-refractivity contribution in [3.63, 3.8) is 0 Å². The molecule has 0 unspecified atom stereocenters. The first-order chi connectivity index (χ1) is 9.90. The highest BCUT2D eigenvalue weighted by molar-refractivity contribution is 9.18. The normalized spacial score (nSPS) is 13.4. The third kappa shape index (κ3) is 6.03. The predicted octanol–water partition coefficient (Wildman–Crippen LogP) is 5.47. The van der Waals surface area contributed by atoms with Gasteiger partial charge in [-0.2, -0.15) is 31.4 Å². The van der Waals surface area contributed by atoms with Crippen molar-refractivity contribution in [3.05, 3.63) is 23.5 Å². The molecular weight excluding hydrogens is 405 g/mol. The van der Waals surface area contributed by atoms with Gasteiger partial charge in [-0.1, -0.05) is 0 Å². The second kappa shape index (κ2) is 7.07. The van der Waals surface area contributed by atoms with Crippen LogP contribution in [0.25, 0.3) is 0 Å². The maximum absolute atomic E-state index is 13.6. The minimum absolute atomic E-state index is 0.0829. The van der Waals surface area contributed by atoms with Crippen LogP contribution in [0.15, 0.2) is 22.1 Å². The summed E-state index contributed by atoms with van der Waals surface area (Å²) in [5, 5.41) is 2.89. The number of halogens is 8. The van der Waals surface area contributed by atoms with Crippen LogP contribution < -0.4 is 5.43 Å². The second-order valence-electron chi connectivity index (χ2n) is 4.01. The number of nitrogens with one attached hydrogen (secondary N) is 1. The summed E-state index contributed by atoms with van der Waals surface area (Å²) in [6.07, 6.45) is -9.18. The van der Waals surface area contributed by atoms with E-state index < -0.39 is 34.2 Å². The van der Waals surface area contributed by atoms with Crippen molar-refractivity contribution < 1.29 is 30.7 Å². The van der Waals surface area contributed by atoms with Crippen molar-refractivity contribution in [2.45, 2.75) is 24.2 Å². The molecule has 1 N–H and O–H groups in total. The lowest BCUT2D eigenvalue weighted by Gasteiger charge is -2.11. The van der Waals surface area contributed by atoms with Crippen molar-refractivity contribution in [1.82, 2.24) is 0 Å². The fourth-order valence-electron chi connectivity index (χ4n) is 1.23. The number of nitrogens with zero attached hydrogens (tertiary/aromatic N) is 1. The van der Waals surface area contributed by atoms with Gasteiger partial charge in [-0.15, -0.1) is 11.8 Å². The SMILES string of the molecule is Cc1cc(F)c(N/N=C(\Br)C(F)(F)F)cc1SCC(F)(F)F. The fourth-order valence-corrected chi connectivity index (χ4v) is 2.12. The molecule has 0 aliphatic carbocycles. The quantitative estimate of drug-likeness (QED) is 0.307. The summed E-state index contributed by atoms with van der Waals surface area (Å²) >= 11 is 2.56. The Labute approximate surface area is 133 Å². The van der Waals surface area contributed by atoms with E-state index in [1.807, 2.05) is 5.43 Å². The lowest BCUT2D eigenvalue weighted by atomic mass is 10.2. The van der Waals surface area contributed by atoms with E-state index in [0.29, 0.717) is 11.8 Å². The summed E-state index contributed by atoms with van der Waals surface area (Å²) in [6, 6.07) is 1.89. The summed E-state index contributed by atoms with van der Waals surface area (Å²) in [4.78, 5) is 0.0829. The van der Waals surface area contributed by atoms with Gasteiger partial charge in [-0.05, 0) is 40.5 Å². The van der Waals surface area contributed by atoms with E-state index in [9.17, 15) is 30.7 Å². The van der Waals surface area contributed by atoms with E-state index in [2.05, 4.69) is 21.0 Å². The smallest absolute Gasteiger partial charge is 0.274 e. The van der Waals surface area contributed by atoms with Gasteiger partial charge in [0.05, 0.1) is 11.4 Å². The van der Waals surface area contributed by atoms with Gasteiger partial charge >= 0.3 is 12.4 Å². The minimum Gasteiger partial charge on any atom is -0.274 e. The van der Waals surface area contributed by atoms with Crippen LogP contribution in [-0.4, -0.2) is 22.7 Å². The summed E-state index contributed by atoms with van der Waals surface area (Å²) < 4.78 is 85.3. The van der Waals surface area contributed by atoms with Crippen LogP contribution in [0, 0.1) is 12.7 Å². The van der Waals surface area contributed by atoms with Gasteiger partial charge in [-0.3, -0.25) is 5.43 Å². The number of hydrazone groups is 1. The third-order valence-electron chi connectivity index (χ3n) is 2.16. The molecule has 22 heavy (non-hydrogen) atoms. The Morgan fingerprint density at radius 1 is 1.23 bits per heavy atom. The van der Waals surface area contributed by atoms with Crippen molar-refractivity contribution >= 4 is 38.0 Å². The number of benzene rings is 1. The van der Waals surface area contributed by atoms with Gasteiger partial charge in [0, 0.05) is 4.90 Å². The maximum atomic E-state index is 13.6. The monoisotopic (exact) mass is 412 g/mol. The zero-order chi connectivity index (χ0) is 17.1. The molecule has 0 saturated heterocycles. The second-order valence-corrected chi connectivity index (χ2v) is 5.78. The highest BCUT2D eigenvalue weighted by Gasteiger charge is 2.34. The van der Waals surface area contributed by atoms with Gasteiger partial charge in [0.1, 0.15) is 5.82 Å². The van der Waals surface area contributed by atoms with E-state index in [-0.39, 0.29) is 10.5 Å². The molecule has 0 atom stereocenters. The van der Waals surface area contributed by atoms with Crippen LogP contribution in [-0.2, 0) is 0 Å². The number of thioether (sulfide) groups is 1. The average Bonchev–Trinajstić information content (AvgIpc) is 2.33. The Kier molecular flexibility index (Phi) is 6.13. The molecule has 2 nitrogen and oxygen atoms in total. The molecule has 1 aromatic carbocycles. The highest BCUT2D eigenvalue weighted by atomic mass is 79.9. The summed E-state index contributed by atoms with van der Waals surface area (Å²) in [5.41, 5.74) is 1.61. The van der Waals surface area contributed by atoms with Gasteiger partial charge < -0.3 is 0 Å². The number of rotatable bonds is 4. The topological polar surface area (TPSA) is 24.4 Å². The number of hydrogen-bond donors (Lipinski definition) is 1. The van der Waals surface area contributed by atoms with E-state index in [1.54, 1.807) is 0 Å². The Hall–Kier alpha value is -0.970. The van der Waals surface area contributed by atoms with E-state index in [0.717, 1.165) is 12.1 Å². The number of hydrogen-bond acceptors (Lipinski definition) is 3. The predicted molar refractivity (Wildman–Crippen MR) is 74.0 cm³/mol. The molecule has 1 aromatic rings. The molecule has 0 amide bonds. The Morgan fingerprint density at radius 3 is 2.32 bits per heavy atom. The molecule has 0 saturated carbocycles. The summed E-state index contributed by atoms with van der Waals surface area (Å²) in [7, 11) is 0. The fraction of sp³-hybridized carbons (Fsp3) is 0.364. The van der Waals surface area contributed by atoms with Crippen LogP contribution in [0.2, 0.25) is 0 Å². The Bertz CT molecular complexity index is 569. The first-order valence-electron chi connectivity index (χ1n) is 5.46. The zero-order valence-corrected chi connectivity index (χ0v) is 13.1. The van der Waals surface area contributed by atoms with E-state index in [4.69, 9.17) is 0 Å². The van der Waals surface area contributed by atoms with Gasteiger partial charge in [0.2, 0.25) is 4.62 Å². The van der Waals surface area contributed by atoms with Gasteiger partial charge in [0.25, 0.3) is 0 Å². The Balaban J connectivity index is 2.97. The first-order valence-corrected chi connectivity index (χ1v) is 7.24. The molecule has 0 radical (unpaired) electrons. The van der Waals surface area contributed by atoms with E-state index in [1.165, 1.54) is 6.92 Å². The largest absolute Gasteiger partial charge is 0.441 e. The zero-order valence-electron chi connectivity index (χ0n) is 10.7. The first kappa shape index (κ1) is 19.1. The lowest BCUT2D eigenvalue weighted by molar-refractivity contribution is -0.105. The molecule has 0 aromatic heterocycles. The molecule has 11 heteroatoms. The third-order valence-corrected chi connectivity index (χ3v) is 4.01. The van der Waals surface area contributed by atoms with Gasteiger partial charge in [-0.25, -0.2) is 4.39 Å². The van der Waals surface area contributed by atoms with E-state index >= 15 is 0 Å². The van der Waals surface area contributed by atoms with Crippen molar-refractivity contribution in [2.24, 2.45) is 5.10 Å². The molecule has 0 fully saturated rings. The van der Waals surface area contributed by atoms with Gasteiger partial charge in [0.15, 0.2) is 0 Å². The molecule has 124 valence electrons. The van der Waals surface area contributed by atoms with Crippen LogP contribution >= 0.6 is 27.7 Å². The highest BCUT2D eigenvalue weighted by Crippen LogP contribution is 2.32. The summed E-state index contributed by atoms with van der Waals surface area (Å²) in [5.74, 6) is -2.13. The van der Waals surface area contributed by atoms with Crippen molar-refractivity contribution in [3.8, 4) is 0 Å². The number of aryl methyl sites for hydroxylation is 1. The average molecular weight is 413 g/mol. The molecule has 1 rings (SSSR count). The maximum Gasteiger partial charge on any atom is 0.441 e. The van der Waals surface area contributed by atoms with Crippen LogP contribution in [0.1, 0.15) is 5.56 Å². The Morgan fingerprint density at radius 2 is 1.82 bits per heavy atom. The summed E-state index contributed by atoms with van der Waals surface area (Å²) in [6.45, 7) is 1.39. The molecule has 0 aliphatic heterocycles. The number of anilines is 1. The molecule has 0 heterocycles. The van der Waals surface area contributed by atoms with Crippen LogP contribution in [0.5, 0.6) is 0 Å². The molecule has 0 aliphatic rings. The van der Waals surface area contributed by atoms with Crippen molar-refractivity contribution in [1.29, 1.82) is 0 Å². The molecule has 0 spiro atoms. The number of alkyl halides is 6. The van der Waals surface area contributed by atoms with Crippen LogP contribution in [0.3, 0.4) is 0 Å². The lowest BCUT2D eigenvalue weighted by Crippen LogP contribution is -2.18. The minimum atomic E-state index is -4.76. The molecular formula is C11H8BrF7N2S. The van der Waals surface area contributed by atoms with Crippen LogP contribution in [0.4, 0.5) is 36.4 Å². The standard InChI is InChI=1S/C11H8BrF7N2S/c1-5-2-6(13)7(20-21-9(12)11(17,18)19)3-8(5)22-4-10(14,15)16/h2-3,20H,4H2,1H3/b21-9-. The molecule has 0 bridgehead atoms.